The molecule has 0 radical (unpaired) electrons. The Morgan fingerprint density at radius 3 is 2.76 bits per heavy atom. The predicted octanol–water partition coefficient (Wildman–Crippen LogP) is 0.784. The van der Waals surface area contributed by atoms with E-state index in [9.17, 15) is 9.18 Å². The van der Waals surface area contributed by atoms with Crippen molar-refractivity contribution in [2.75, 3.05) is 13.1 Å². The van der Waals surface area contributed by atoms with Crippen LogP contribution in [0.15, 0.2) is 18.5 Å². The zero-order chi connectivity index (χ0) is 12.0. The van der Waals surface area contributed by atoms with E-state index in [-0.39, 0.29) is 11.4 Å². The fourth-order valence-electron chi connectivity index (χ4n) is 2.44. The van der Waals surface area contributed by atoms with E-state index in [4.69, 9.17) is 5.73 Å². The third kappa shape index (κ3) is 1.80. The van der Waals surface area contributed by atoms with Gasteiger partial charge in [-0.1, -0.05) is 0 Å². The summed E-state index contributed by atoms with van der Waals surface area (Å²) in [5, 5.41) is 0. The number of rotatable bonds is 2. The highest BCUT2D eigenvalue weighted by molar-refractivity contribution is 5.94. The first-order valence-corrected chi connectivity index (χ1v) is 5.77. The van der Waals surface area contributed by atoms with Crippen molar-refractivity contribution in [1.29, 1.82) is 0 Å². The summed E-state index contributed by atoms with van der Waals surface area (Å²) in [4.78, 5) is 17.3. The van der Waals surface area contributed by atoms with E-state index in [0.717, 1.165) is 6.20 Å². The van der Waals surface area contributed by atoms with E-state index >= 15 is 0 Å². The number of hydrogen-bond donors (Lipinski definition) is 1. The molecular formula is C12H14FN3O. The molecule has 0 bridgehead atoms. The molecule has 1 saturated heterocycles. The van der Waals surface area contributed by atoms with Crippen LogP contribution in [0.5, 0.6) is 0 Å². The smallest absolute Gasteiger partial charge is 0.255 e. The largest absolute Gasteiger partial charge is 0.335 e. The van der Waals surface area contributed by atoms with Gasteiger partial charge in [0.2, 0.25) is 0 Å². The van der Waals surface area contributed by atoms with Gasteiger partial charge in [-0.25, -0.2) is 4.39 Å². The standard InChI is InChI=1S/C12H14FN3O/c13-10-3-8(4-15-5-10)11(17)16-6-12(14,7-16)9-1-2-9/h3-5,9H,1-2,6-7,14H2. The van der Waals surface area contributed by atoms with Crippen molar-refractivity contribution in [2.24, 2.45) is 11.7 Å². The number of hydrogen-bond acceptors (Lipinski definition) is 3. The average molecular weight is 235 g/mol. The van der Waals surface area contributed by atoms with Crippen molar-refractivity contribution in [2.45, 2.75) is 18.4 Å². The lowest BCUT2D eigenvalue weighted by molar-refractivity contribution is 0.0349. The van der Waals surface area contributed by atoms with Gasteiger partial charge in [-0.15, -0.1) is 0 Å². The first kappa shape index (κ1) is 10.7. The van der Waals surface area contributed by atoms with Crippen molar-refractivity contribution >= 4 is 5.91 Å². The number of pyridine rings is 1. The fourth-order valence-corrected chi connectivity index (χ4v) is 2.44. The number of carbonyl (C=O) groups excluding carboxylic acids is 1. The van der Waals surface area contributed by atoms with E-state index in [1.54, 1.807) is 4.90 Å². The van der Waals surface area contributed by atoms with Gasteiger partial charge in [-0.2, -0.15) is 0 Å². The summed E-state index contributed by atoms with van der Waals surface area (Å²) in [6.07, 6.45) is 4.81. The van der Waals surface area contributed by atoms with Crippen molar-refractivity contribution in [3.8, 4) is 0 Å². The summed E-state index contributed by atoms with van der Waals surface area (Å²) >= 11 is 0. The minimum atomic E-state index is -0.488. The van der Waals surface area contributed by atoms with Crippen molar-refractivity contribution < 1.29 is 9.18 Å². The fraction of sp³-hybridized carbons (Fsp3) is 0.500. The number of aromatic nitrogens is 1. The number of likely N-dealkylation sites (tertiary alicyclic amines) is 1. The van der Waals surface area contributed by atoms with Crippen molar-refractivity contribution in [3.05, 3.63) is 29.8 Å². The van der Waals surface area contributed by atoms with E-state index in [0.29, 0.717) is 24.6 Å². The van der Waals surface area contributed by atoms with Gasteiger partial charge in [-0.05, 0) is 24.8 Å². The van der Waals surface area contributed by atoms with Crippen LogP contribution in [-0.2, 0) is 0 Å². The molecule has 1 aromatic rings. The van der Waals surface area contributed by atoms with Gasteiger partial charge < -0.3 is 10.6 Å². The maximum Gasteiger partial charge on any atom is 0.255 e. The van der Waals surface area contributed by atoms with Crippen LogP contribution in [-0.4, -0.2) is 34.4 Å². The molecule has 1 aliphatic carbocycles. The summed E-state index contributed by atoms with van der Waals surface area (Å²) < 4.78 is 12.9. The second-order valence-corrected chi connectivity index (χ2v) is 5.06. The molecule has 17 heavy (non-hydrogen) atoms. The minimum Gasteiger partial charge on any atom is -0.335 e. The predicted molar refractivity (Wildman–Crippen MR) is 59.7 cm³/mol. The summed E-state index contributed by atoms with van der Waals surface area (Å²) in [5.74, 6) is -0.103. The normalized spacial score (nSPS) is 22.1. The van der Waals surface area contributed by atoms with Crippen LogP contribution >= 0.6 is 0 Å². The van der Waals surface area contributed by atoms with Crippen molar-refractivity contribution in [3.63, 3.8) is 0 Å². The maximum atomic E-state index is 12.9. The summed E-state index contributed by atoms with van der Waals surface area (Å²) in [6.45, 7) is 1.15. The Labute approximate surface area is 98.6 Å². The lowest BCUT2D eigenvalue weighted by Crippen LogP contribution is -2.69. The minimum absolute atomic E-state index is 0.182. The Morgan fingerprint density at radius 1 is 1.47 bits per heavy atom. The highest BCUT2D eigenvalue weighted by Crippen LogP contribution is 2.43. The van der Waals surface area contributed by atoms with Crippen LogP contribution in [0.2, 0.25) is 0 Å². The summed E-state index contributed by atoms with van der Waals surface area (Å²) in [7, 11) is 0. The lowest BCUT2D eigenvalue weighted by Gasteiger charge is -2.48. The highest BCUT2D eigenvalue weighted by Gasteiger charge is 2.51. The van der Waals surface area contributed by atoms with Gasteiger partial charge in [0, 0.05) is 19.3 Å². The summed E-state index contributed by atoms with van der Waals surface area (Å²) in [6, 6.07) is 1.21. The number of nitrogens with zero attached hydrogens (tertiary/aromatic N) is 2. The van der Waals surface area contributed by atoms with Gasteiger partial charge >= 0.3 is 0 Å². The number of nitrogens with two attached hydrogens (primary N) is 1. The highest BCUT2D eigenvalue weighted by atomic mass is 19.1. The van der Waals surface area contributed by atoms with Crippen LogP contribution in [0.3, 0.4) is 0 Å². The van der Waals surface area contributed by atoms with Crippen LogP contribution in [0.25, 0.3) is 0 Å². The zero-order valence-corrected chi connectivity index (χ0v) is 9.40. The van der Waals surface area contributed by atoms with Crippen molar-refractivity contribution in [1.82, 2.24) is 9.88 Å². The first-order chi connectivity index (χ1) is 8.08. The van der Waals surface area contributed by atoms with E-state index < -0.39 is 5.82 Å². The molecule has 90 valence electrons. The Kier molecular flexibility index (Phi) is 2.19. The second kappa shape index (κ2) is 3.50. The molecule has 2 fully saturated rings. The molecule has 1 aliphatic heterocycles. The van der Waals surface area contributed by atoms with E-state index in [1.807, 2.05) is 0 Å². The van der Waals surface area contributed by atoms with Crippen LogP contribution < -0.4 is 5.73 Å². The molecule has 5 heteroatoms. The quantitative estimate of drug-likeness (QED) is 0.824. The maximum absolute atomic E-state index is 12.9. The number of amides is 1. The second-order valence-electron chi connectivity index (χ2n) is 5.06. The Balaban J connectivity index is 1.69. The number of halogens is 1. The van der Waals surface area contributed by atoms with E-state index in [2.05, 4.69) is 4.98 Å². The Hall–Kier alpha value is -1.49. The molecule has 0 aromatic carbocycles. The molecule has 1 saturated carbocycles. The SMILES string of the molecule is NC1(C2CC2)CN(C(=O)c2cncc(F)c2)C1. The van der Waals surface area contributed by atoms with E-state index in [1.165, 1.54) is 25.1 Å². The summed E-state index contributed by atoms with van der Waals surface area (Å²) in [5.41, 5.74) is 6.26. The average Bonchev–Trinajstić information content (AvgIpc) is 3.08. The molecule has 2 heterocycles. The number of carbonyl (C=O) groups is 1. The van der Waals surface area contributed by atoms with Gasteiger partial charge in [0.1, 0.15) is 5.82 Å². The van der Waals surface area contributed by atoms with Crippen LogP contribution in [0.4, 0.5) is 4.39 Å². The molecule has 2 N–H and O–H groups in total. The van der Waals surface area contributed by atoms with Crippen LogP contribution in [0.1, 0.15) is 23.2 Å². The molecule has 0 unspecified atom stereocenters. The third-order valence-corrected chi connectivity index (χ3v) is 3.60. The van der Waals surface area contributed by atoms with Crippen LogP contribution in [0, 0.1) is 11.7 Å². The first-order valence-electron chi connectivity index (χ1n) is 5.77. The Morgan fingerprint density at radius 2 is 2.18 bits per heavy atom. The molecular weight excluding hydrogens is 221 g/mol. The van der Waals surface area contributed by atoms with Gasteiger partial charge in [-0.3, -0.25) is 9.78 Å². The topological polar surface area (TPSA) is 59.2 Å². The monoisotopic (exact) mass is 235 g/mol. The molecule has 0 atom stereocenters. The molecule has 0 spiro atoms. The molecule has 1 aromatic heterocycles. The molecule has 2 aliphatic rings. The van der Waals surface area contributed by atoms with Gasteiger partial charge in [0.05, 0.1) is 17.3 Å². The van der Waals surface area contributed by atoms with Gasteiger partial charge in [0.15, 0.2) is 0 Å². The molecule has 1 amide bonds. The molecule has 3 rings (SSSR count). The zero-order valence-electron chi connectivity index (χ0n) is 9.40. The van der Waals surface area contributed by atoms with Gasteiger partial charge in [0.25, 0.3) is 5.91 Å². The third-order valence-electron chi connectivity index (χ3n) is 3.60. The lowest BCUT2D eigenvalue weighted by atomic mass is 9.85. The molecule has 4 nitrogen and oxygen atoms in total. The Bertz CT molecular complexity index is 467.